The van der Waals surface area contributed by atoms with E-state index in [1.54, 1.807) is 0 Å². The van der Waals surface area contributed by atoms with Crippen molar-refractivity contribution in [1.29, 1.82) is 0 Å². The fourth-order valence-electron chi connectivity index (χ4n) is 2.03. The van der Waals surface area contributed by atoms with Crippen molar-refractivity contribution in [2.24, 2.45) is 0 Å². The number of hydrogen-bond acceptors (Lipinski definition) is 2. The van der Waals surface area contributed by atoms with Crippen molar-refractivity contribution in [3.05, 3.63) is 34.3 Å². The fourth-order valence-corrected chi connectivity index (χ4v) is 2.48. The van der Waals surface area contributed by atoms with Crippen LogP contribution >= 0.6 is 28.3 Å². The van der Waals surface area contributed by atoms with Gasteiger partial charge in [0.2, 0.25) is 5.91 Å². The van der Waals surface area contributed by atoms with Gasteiger partial charge < -0.3 is 10.6 Å². The van der Waals surface area contributed by atoms with E-state index in [2.05, 4.69) is 26.6 Å². The first-order chi connectivity index (χ1) is 8.25. The molecule has 100 valence electrons. The maximum Gasteiger partial charge on any atom is 0.237 e. The normalized spacial score (nSPS) is 18.8. The van der Waals surface area contributed by atoms with Gasteiger partial charge in [-0.3, -0.25) is 4.79 Å². The van der Waals surface area contributed by atoms with Crippen LogP contribution in [0.25, 0.3) is 0 Å². The molecule has 0 spiro atoms. The standard InChI is InChI=1S/C13H17BrN2O.ClH/c14-11-5-3-4-10(8-11)9-16-13(17)12-6-1-2-7-15-12;/h3-5,8,12,15H,1-2,6-7,9H2,(H,16,17);1H/t12-;/m0./s1. The van der Waals surface area contributed by atoms with E-state index in [1.165, 1.54) is 6.42 Å². The average Bonchev–Trinajstić information content (AvgIpc) is 2.37. The molecule has 3 nitrogen and oxygen atoms in total. The van der Waals surface area contributed by atoms with Gasteiger partial charge in [-0.15, -0.1) is 12.4 Å². The molecule has 1 aromatic rings. The summed E-state index contributed by atoms with van der Waals surface area (Å²) in [6.45, 7) is 1.55. The minimum Gasteiger partial charge on any atom is -0.351 e. The molecule has 5 heteroatoms. The molecule has 1 aromatic carbocycles. The molecule has 1 atom stereocenters. The van der Waals surface area contributed by atoms with Crippen LogP contribution in [-0.2, 0) is 11.3 Å². The molecule has 1 fully saturated rings. The van der Waals surface area contributed by atoms with Crippen molar-refractivity contribution >= 4 is 34.2 Å². The zero-order valence-corrected chi connectivity index (χ0v) is 12.5. The first-order valence-corrected chi connectivity index (χ1v) is 6.80. The minimum absolute atomic E-state index is 0. The highest BCUT2D eigenvalue weighted by Crippen LogP contribution is 2.12. The SMILES string of the molecule is Cl.O=C(NCc1cccc(Br)c1)[C@@H]1CCCCN1. The summed E-state index contributed by atoms with van der Waals surface area (Å²) in [5, 5.41) is 6.22. The fraction of sp³-hybridized carbons (Fsp3) is 0.462. The van der Waals surface area contributed by atoms with Crippen LogP contribution in [0.3, 0.4) is 0 Å². The summed E-state index contributed by atoms with van der Waals surface area (Å²) < 4.78 is 1.04. The Morgan fingerprint density at radius 1 is 1.44 bits per heavy atom. The second kappa shape index (κ2) is 7.77. The Labute approximate surface area is 122 Å². The molecule has 18 heavy (non-hydrogen) atoms. The smallest absolute Gasteiger partial charge is 0.237 e. The third-order valence-corrected chi connectivity index (χ3v) is 3.48. The van der Waals surface area contributed by atoms with Gasteiger partial charge in [0, 0.05) is 11.0 Å². The quantitative estimate of drug-likeness (QED) is 0.893. The Hall–Kier alpha value is -0.580. The number of rotatable bonds is 3. The highest BCUT2D eigenvalue weighted by Gasteiger charge is 2.19. The molecular weight excluding hydrogens is 316 g/mol. The van der Waals surface area contributed by atoms with Crippen molar-refractivity contribution in [3.63, 3.8) is 0 Å². The van der Waals surface area contributed by atoms with Crippen LogP contribution < -0.4 is 10.6 Å². The van der Waals surface area contributed by atoms with Crippen LogP contribution in [0.15, 0.2) is 28.7 Å². The van der Waals surface area contributed by atoms with Crippen LogP contribution in [0.5, 0.6) is 0 Å². The second-order valence-electron chi connectivity index (χ2n) is 4.35. The summed E-state index contributed by atoms with van der Waals surface area (Å²) in [7, 11) is 0. The first kappa shape index (κ1) is 15.5. The van der Waals surface area contributed by atoms with Gasteiger partial charge in [0.15, 0.2) is 0 Å². The van der Waals surface area contributed by atoms with Crippen molar-refractivity contribution in [1.82, 2.24) is 10.6 Å². The largest absolute Gasteiger partial charge is 0.351 e. The van der Waals surface area contributed by atoms with Crippen LogP contribution in [0, 0.1) is 0 Å². The molecule has 0 bridgehead atoms. The molecule has 0 radical (unpaired) electrons. The predicted molar refractivity (Wildman–Crippen MR) is 78.9 cm³/mol. The number of piperidine rings is 1. The molecule has 1 heterocycles. The van der Waals surface area contributed by atoms with E-state index in [9.17, 15) is 4.79 Å². The summed E-state index contributed by atoms with van der Waals surface area (Å²) in [5.41, 5.74) is 1.11. The van der Waals surface area contributed by atoms with Gasteiger partial charge >= 0.3 is 0 Å². The zero-order chi connectivity index (χ0) is 12.1. The summed E-state index contributed by atoms with van der Waals surface area (Å²) in [6, 6.07) is 7.99. The zero-order valence-electron chi connectivity index (χ0n) is 10.1. The molecule has 0 saturated carbocycles. The van der Waals surface area contributed by atoms with Crippen molar-refractivity contribution < 1.29 is 4.79 Å². The maximum absolute atomic E-state index is 11.9. The average molecular weight is 334 g/mol. The third-order valence-electron chi connectivity index (χ3n) is 2.98. The van der Waals surface area contributed by atoms with Gasteiger partial charge in [-0.05, 0) is 37.1 Å². The number of nitrogens with one attached hydrogen (secondary N) is 2. The summed E-state index contributed by atoms with van der Waals surface area (Å²) in [4.78, 5) is 11.9. The lowest BCUT2D eigenvalue weighted by atomic mass is 10.0. The number of hydrogen-bond donors (Lipinski definition) is 2. The minimum atomic E-state index is -0.00379. The lowest BCUT2D eigenvalue weighted by Crippen LogP contribution is -2.46. The summed E-state index contributed by atoms with van der Waals surface area (Å²) in [5.74, 6) is 0.115. The third kappa shape index (κ3) is 4.59. The Kier molecular flexibility index (Phi) is 6.68. The number of halogens is 2. The molecule has 0 aromatic heterocycles. The lowest BCUT2D eigenvalue weighted by Gasteiger charge is -2.22. The lowest BCUT2D eigenvalue weighted by molar-refractivity contribution is -0.123. The second-order valence-corrected chi connectivity index (χ2v) is 5.27. The van der Waals surface area contributed by atoms with Crippen molar-refractivity contribution in [2.75, 3.05) is 6.54 Å². The van der Waals surface area contributed by atoms with Crippen LogP contribution in [0.2, 0.25) is 0 Å². The van der Waals surface area contributed by atoms with Gasteiger partial charge in [0.25, 0.3) is 0 Å². The number of amides is 1. The molecule has 1 amide bonds. The Morgan fingerprint density at radius 3 is 2.94 bits per heavy atom. The van der Waals surface area contributed by atoms with E-state index < -0.39 is 0 Å². The highest BCUT2D eigenvalue weighted by molar-refractivity contribution is 9.10. The van der Waals surface area contributed by atoms with Crippen LogP contribution in [-0.4, -0.2) is 18.5 Å². The Bertz CT molecular complexity index is 394. The number of benzene rings is 1. The van der Waals surface area contributed by atoms with E-state index in [-0.39, 0.29) is 24.4 Å². The predicted octanol–water partition coefficient (Wildman–Crippen LogP) is 2.63. The molecule has 0 aliphatic carbocycles. The van der Waals surface area contributed by atoms with Gasteiger partial charge in [-0.2, -0.15) is 0 Å². The maximum atomic E-state index is 11.9. The van der Waals surface area contributed by atoms with E-state index in [4.69, 9.17) is 0 Å². The van der Waals surface area contributed by atoms with Crippen LogP contribution in [0.1, 0.15) is 24.8 Å². The van der Waals surface area contributed by atoms with Gasteiger partial charge in [0.1, 0.15) is 0 Å². The van der Waals surface area contributed by atoms with E-state index in [0.717, 1.165) is 29.4 Å². The summed E-state index contributed by atoms with van der Waals surface area (Å²) in [6.07, 6.45) is 3.27. The molecule has 1 saturated heterocycles. The topological polar surface area (TPSA) is 41.1 Å². The molecule has 1 aliphatic rings. The van der Waals surface area contributed by atoms with Crippen molar-refractivity contribution in [3.8, 4) is 0 Å². The Morgan fingerprint density at radius 2 is 2.28 bits per heavy atom. The molecule has 0 unspecified atom stereocenters. The molecule has 2 N–H and O–H groups in total. The van der Waals surface area contributed by atoms with E-state index >= 15 is 0 Å². The first-order valence-electron chi connectivity index (χ1n) is 6.01. The van der Waals surface area contributed by atoms with Gasteiger partial charge in [-0.25, -0.2) is 0 Å². The molecule has 2 rings (SSSR count). The Balaban J connectivity index is 0.00000162. The summed E-state index contributed by atoms with van der Waals surface area (Å²) >= 11 is 3.42. The monoisotopic (exact) mass is 332 g/mol. The van der Waals surface area contributed by atoms with E-state index in [0.29, 0.717) is 6.54 Å². The van der Waals surface area contributed by atoms with Gasteiger partial charge in [-0.1, -0.05) is 34.5 Å². The highest BCUT2D eigenvalue weighted by atomic mass is 79.9. The van der Waals surface area contributed by atoms with E-state index in [1.807, 2.05) is 24.3 Å². The van der Waals surface area contributed by atoms with Crippen molar-refractivity contribution in [2.45, 2.75) is 31.8 Å². The molecular formula is C13H18BrClN2O. The number of carbonyl (C=O) groups excluding carboxylic acids is 1. The molecule has 1 aliphatic heterocycles. The van der Waals surface area contributed by atoms with Gasteiger partial charge in [0.05, 0.1) is 6.04 Å². The number of carbonyl (C=O) groups is 1. The van der Waals surface area contributed by atoms with Crippen LogP contribution in [0.4, 0.5) is 0 Å².